The van der Waals surface area contributed by atoms with E-state index in [4.69, 9.17) is 0 Å². The number of aromatic carboxylic acids is 1. The van der Waals surface area contributed by atoms with Crippen LogP contribution in [-0.2, 0) is 0 Å². The zero-order chi connectivity index (χ0) is 13.9. The van der Waals surface area contributed by atoms with Crippen molar-refractivity contribution in [1.29, 1.82) is 0 Å². The quantitative estimate of drug-likeness (QED) is 0.858. The van der Waals surface area contributed by atoms with E-state index in [-0.39, 0.29) is 5.92 Å². The number of anilines is 1. The van der Waals surface area contributed by atoms with Crippen molar-refractivity contribution in [2.24, 2.45) is 0 Å². The Morgan fingerprint density at radius 1 is 1.39 bits per heavy atom. The van der Waals surface area contributed by atoms with E-state index in [1.807, 2.05) is 13.8 Å². The SMILES string of the molecule is CCC(C)N(CC)c1nc(C(C)C)c(C(=O)O)s1. The average molecular weight is 270 g/mol. The Morgan fingerprint density at radius 3 is 2.33 bits per heavy atom. The van der Waals surface area contributed by atoms with Crippen LogP contribution in [0.15, 0.2) is 0 Å². The van der Waals surface area contributed by atoms with E-state index < -0.39 is 5.97 Å². The predicted molar refractivity (Wildman–Crippen MR) is 75.9 cm³/mol. The summed E-state index contributed by atoms with van der Waals surface area (Å²) < 4.78 is 0. The maximum Gasteiger partial charge on any atom is 0.347 e. The van der Waals surface area contributed by atoms with E-state index in [1.54, 1.807) is 0 Å². The predicted octanol–water partition coefficient (Wildman–Crippen LogP) is 3.59. The molecule has 1 N–H and O–H groups in total. The third-order valence-corrected chi connectivity index (χ3v) is 4.19. The number of carboxylic acids is 1. The molecule has 18 heavy (non-hydrogen) atoms. The van der Waals surface area contributed by atoms with Crippen molar-refractivity contribution in [3.8, 4) is 0 Å². The van der Waals surface area contributed by atoms with Gasteiger partial charge in [0.25, 0.3) is 0 Å². The second-order valence-corrected chi connectivity index (χ2v) is 5.69. The molecule has 0 saturated carbocycles. The molecule has 102 valence electrons. The van der Waals surface area contributed by atoms with Gasteiger partial charge in [-0.3, -0.25) is 0 Å². The summed E-state index contributed by atoms with van der Waals surface area (Å²) in [5, 5.41) is 10.1. The molecule has 1 atom stereocenters. The number of thiazole rings is 1. The van der Waals surface area contributed by atoms with Gasteiger partial charge in [-0.15, -0.1) is 0 Å². The maximum atomic E-state index is 11.2. The summed E-state index contributed by atoms with van der Waals surface area (Å²) in [5.74, 6) is -0.737. The number of hydrogen-bond donors (Lipinski definition) is 1. The molecule has 1 aromatic heterocycles. The molecule has 0 aliphatic carbocycles. The van der Waals surface area contributed by atoms with Crippen LogP contribution in [0.1, 0.15) is 62.3 Å². The van der Waals surface area contributed by atoms with Gasteiger partial charge in [0.05, 0.1) is 5.69 Å². The van der Waals surface area contributed by atoms with Crippen LogP contribution in [0.3, 0.4) is 0 Å². The second-order valence-electron chi connectivity index (χ2n) is 4.71. The molecular weight excluding hydrogens is 248 g/mol. The molecule has 0 saturated heterocycles. The molecule has 0 aliphatic rings. The molecule has 0 amide bonds. The van der Waals surface area contributed by atoms with Crippen molar-refractivity contribution >= 4 is 22.4 Å². The lowest BCUT2D eigenvalue weighted by Crippen LogP contribution is -2.32. The molecule has 4 nitrogen and oxygen atoms in total. The van der Waals surface area contributed by atoms with Crippen molar-refractivity contribution in [3.05, 3.63) is 10.6 Å². The first-order valence-corrected chi connectivity index (χ1v) is 7.24. The van der Waals surface area contributed by atoms with Crippen molar-refractivity contribution in [2.45, 2.75) is 53.0 Å². The Morgan fingerprint density at radius 2 is 2.00 bits per heavy atom. The minimum Gasteiger partial charge on any atom is -0.477 e. The first kappa shape index (κ1) is 15.0. The average Bonchev–Trinajstić information content (AvgIpc) is 2.74. The standard InChI is InChI=1S/C13H22N2O2S/c1-6-9(5)15(7-2)13-14-10(8(3)4)11(18-13)12(16)17/h8-9H,6-7H2,1-5H3,(H,16,17). The third-order valence-electron chi connectivity index (χ3n) is 3.09. The number of rotatable bonds is 6. The van der Waals surface area contributed by atoms with E-state index in [9.17, 15) is 9.90 Å². The fraction of sp³-hybridized carbons (Fsp3) is 0.692. The van der Waals surface area contributed by atoms with Gasteiger partial charge >= 0.3 is 5.97 Å². The van der Waals surface area contributed by atoms with E-state index >= 15 is 0 Å². The van der Waals surface area contributed by atoms with Gasteiger partial charge in [0.1, 0.15) is 4.88 Å². The van der Waals surface area contributed by atoms with Crippen LogP contribution in [0.2, 0.25) is 0 Å². The van der Waals surface area contributed by atoms with Crippen LogP contribution >= 0.6 is 11.3 Å². The van der Waals surface area contributed by atoms with Crippen molar-refractivity contribution in [1.82, 2.24) is 4.98 Å². The van der Waals surface area contributed by atoms with Crippen LogP contribution in [0, 0.1) is 0 Å². The highest BCUT2D eigenvalue weighted by molar-refractivity contribution is 7.17. The first-order valence-electron chi connectivity index (χ1n) is 6.42. The minimum absolute atomic E-state index is 0.136. The molecule has 1 unspecified atom stereocenters. The molecule has 5 heteroatoms. The van der Waals surface area contributed by atoms with Crippen molar-refractivity contribution in [3.63, 3.8) is 0 Å². The van der Waals surface area contributed by atoms with E-state index in [2.05, 4.69) is 30.7 Å². The molecule has 0 radical (unpaired) electrons. The van der Waals surface area contributed by atoms with Crippen LogP contribution < -0.4 is 4.90 Å². The summed E-state index contributed by atoms with van der Waals surface area (Å²) in [6.07, 6.45) is 1.02. The topological polar surface area (TPSA) is 53.4 Å². The molecular formula is C13H22N2O2S. The normalized spacial score (nSPS) is 12.8. The fourth-order valence-electron chi connectivity index (χ4n) is 1.84. The Hall–Kier alpha value is -1.10. The highest BCUT2D eigenvalue weighted by Gasteiger charge is 2.23. The lowest BCUT2D eigenvalue weighted by molar-refractivity contribution is 0.0700. The molecule has 1 heterocycles. The summed E-state index contributed by atoms with van der Waals surface area (Å²) in [6.45, 7) is 11.1. The van der Waals surface area contributed by atoms with E-state index in [1.165, 1.54) is 11.3 Å². The Kier molecular flexibility index (Phi) is 5.14. The molecule has 0 fully saturated rings. The molecule has 1 rings (SSSR count). The zero-order valence-corrected chi connectivity index (χ0v) is 12.5. The van der Waals surface area contributed by atoms with Gasteiger partial charge in [0.2, 0.25) is 0 Å². The summed E-state index contributed by atoms with van der Waals surface area (Å²) in [5.41, 5.74) is 0.698. The monoisotopic (exact) mass is 270 g/mol. The van der Waals surface area contributed by atoms with Crippen LogP contribution in [-0.4, -0.2) is 28.6 Å². The van der Waals surface area contributed by atoms with Gasteiger partial charge in [0, 0.05) is 12.6 Å². The fourth-order valence-corrected chi connectivity index (χ4v) is 3.07. The van der Waals surface area contributed by atoms with E-state index in [0.717, 1.165) is 18.1 Å². The number of carbonyl (C=O) groups is 1. The van der Waals surface area contributed by atoms with Gasteiger partial charge in [-0.25, -0.2) is 9.78 Å². The Bertz CT molecular complexity index is 415. The third kappa shape index (κ3) is 3.02. The van der Waals surface area contributed by atoms with Gasteiger partial charge in [-0.2, -0.15) is 0 Å². The van der Waals surface area contributed by atoms with Gasteiger partial charge in [-0.05, 0) is 26.2 Å². The zero-order valence-electron chi connectivity index (χ0n) is 11.7. The number of hydrogen-bond acceptors (Lipinski definition) is 4. The Balaban J connectivity index is 3.17. The number of carboxylic acid groups (broad SMARTS) is 1. The van der Waals surface area contributed by atoms with Crippen molar-refractivity contribution < 1.29 is 9.90 Å². The Labute approximate surface area is 113 Å². The maximum absolute atomic E-state index is 11.2. The molecule has 0 spiro atoms. The van der Waals surface area contributed by atoms with Crippen LogP contribution in [0.5, 0.6) is 0 Å². The van der Waals surface area contributed by atoms with Crippen molar-refractivity contribution in [2.75, 3.05) is 11.4 Å². The number of aromatic nitrogens is 1. The van der Waals surface area contributed by atoms with Gasteiger partial charge in [-0.1, -0.05) is 32.1 Å². The lowest BCUT2D eigenvalue weighted by Gasteiger charge is -2.26. The highest BCUT2D eigenvalue weighted by Crippen LogP contribution is 2.32. The molecule has 0 aromatic carbocycles. The summed E-state index contributed by atoms with van der Waals surface area (Å²) in [7, 11) is 0. The first-order chi connectivity index (χ1) is 8.42. The summed E-state index contributed by atoms with van der Waals surface area (Å²) in [6, 6.07) is 0.378. The van der Waals surface area contributed by atoms with Gasteiger partial charge in [0.15, 0.2) is 5.13 Å². The second kappa shape index (κ2) is 6.18. The van der Waals surface area contributed by atoms with Crippen LogP contribution in [0.4, 0.5) is 5.13 Å². The largest absolute Gasteiger partial charge is 0.477 e. The molecule has 0 aliphatic heterocycles. The van der Waals surface area contributed by atoms with Crippen LogP contribution in [0.25, 0.3) is 0 Å². The molecule has 1 aromatic rings. The minimum atomic E-state index is -0.873. The number of nitrogens with zero attached hydrogens (tertiary/aromatic N) is 2. The smallest absolute Gasteiger partial charge is 0.347 e. The van der Waals surface area contributed by atoms with E-state index in [0.29, 0.717) is 16.6 Å². The molecule has 0 bridgehead atoms. The lowest BCUT2D eigenvalue weighted by atomic mass is 10.1. The summed E-state index contributed by atoms with van der Waals surface area (Å²) >= 11 is 1.29. The van der Waals surface area contributed by atoms with Gasteiger partial charge < -0.3 is 10.0 Å². The summed E-state index contributed by atoms with van der Waals surface area (Å²) in [4.78, 5) is 18.3. The highest BCUT2D eigenvalue weighted by atomic mass is 32.1.